The fourth-order valence-corrected chi connectivity index (χ4v) is 2.16. The van der Waals surface area contributed by atoms with Crippen LogP contribution in [0.5, 0.6) is 0 Å². The van der Waals surface area contributed by atoms with Crippen LogP contribution in [0.4, 0.5) is 0 Å². The van der Waals surface area contributed by atoms with E-state index in [9.17, 15) is 14.4 Å². The van der Waals surface area contributed by atoms with Crippen LogP contribution in [0.25, 0.3) is 0 Å². The number of ketones is 2. The molecule has 0 unspecified atom stereocenters. The van der Waals surface area contributed by atoms with Crippen LogP contribution in [0.3, 0.4) is 0 Å². The van der Waals surface area contributed by atoms with Crippen LogP contribution in [0.1, 0.15) is 38.0 Å². The molecule has 5 heteroatoms. The summed E-state index contributed by atoms with van der Waals surface area (Å²) in [5.74, 6) is -1.22. The molecule has 0 radical (unpaired) electrons. The standard InChI is InChI=1S/C17H13BrO4/c1-11(19)14-4-2-3-5-15(14)17(21)22-10-16(20)12-6-8-13(18)9-7-12/h2-9H,10H2,1H3. The molecule has 0 spiro atoms. The second kappa shape index (κ2) is 7.13. The quantitative estimate of drug-likeness (QED) is 0.602. The molecule has 0 bridgehead atoms. The van der Waals surface area contributed by atoms with Gasteiger partial charge in [0.25, 0.3) is 0 Å². The molecule has 0 heterocycles. The lowest BCUT2D eigenvalue weighted by atomic mass is 10.0. The van der Waals surface area contributed by atoms with E-state index in [0.717, 1.165) is 4.47 Å². The van der Waals surface area contributed by atoms with Gasteiger partial charge in [0.1, 0.15) is 0 Å². The highest BCUT2D eigenvalue weighted by Gasteiger charge is 2.16. The summed E-state index contributed by atoms with van der Waals surface area (Å²) in [5.41, 5.74) is 0.901. The molecule has 0 atom stereocenters. The maximum atomic E-state index is 12.0. The summed E-state index contributed by atoms with van der Waals surface area (Å²) in [4.78, 5) is 35.5. The zero-order valence-electron chi connectivity index (χ0n) is 11.8. The number of Topliss-reactive ketones (excluding diaryl/α,β-unsaturated/α-hetero) is 2. The highest BCUT2D eigenvalue weighted by molar-refractivity contribution is 9.10. The molecule has 0 N–H and O–H groups in total. The summed E-state index contributed by atoms with van der Waals surface area (Å²) in [6, 6.07) is 13.1. The molecule has 2 aromatic carbocycles. The van der Waals surface area contributed by atoms with Gasteiger partial charge in [-0.15, -0.1) is 0 Å². The van der Waals surface area contributed by atoms with Gasteiger partial charge in [-0.25, -0.2) is 4.79 Å². The third-order valence-corrected chi connectivity index (χ3v) is 3.56. The molecule has 2 aromatic rings. The molecule has 4 nitrogen and oxygen atoms in total. The number of halogens is 1. The van der Waals surface area contributed by atoms with Crippen molar-refractivity contribution in [3.63, 3.8) is 0 Å². The Bertz CT molecular complexity index is 720. The Kier molecular flexibility index (Phi) is 5.22. The topological polar surface area (TPSA) is 60.4 Å². The van der Waals surface area contributed by atoms with Crippen molar-refractivity contribution >= 4 is 33.5 Å². The van der Waals surface area contributed by atoms with Gasteiger partial charge < -0.3 is 4.74 Å². The number of ether oxygens (including phenoxy) is 1. The molecule has 22 heavy (non-hydrogen) atoms. The molecule has 0 saturated carbocycles. The zero-order chi connectivity index (χ0) is 16.1. The second-order valence-corrected chi connectivity index (χ2v) is 5.52. The predicted octanol–water partition coefficient (Wildman–Crippen LogP) is 3.69. The van der Waals surface area contributed by atoms with Crippen LogP contribution in [-0.4, -0.2) is 24.1 Å². The lowest BCUT2D eigenvalue weighted by molar-refractivity contribution is 0.0472. The van der Waals surface area contributed by atoms with Crippen LogP contribution < -0.4 is 0 Å². The molecule has 0 aliphatic rings. The number of esters is 1. The van der Waals surface area contributed by atoms with Gasteiger partial charge in [-0.2, -0.15) is 0 Å². The molecular formula is C17H13BrO4. The molecule has 0 aliphatic carbocycles. The Balaban J connectivity index is 2.06. The Morgan fingerprint density at radius 2 is 1.55 bits per heavy atom. The zero-order valence-corrected chi connectivity index (χ0v) is 13.4. The third-order valence-electron chi connectivity index (χ3n) is 3.03. The third kappa shape index (κ3) is 3.89. The first kappa shape index (κ1) is 16.1. The summed E-state index contributed by atoms with van der Waals surface area (Å²) in [7, 11) is 0. The first-order chi connectivity index (χ1) is 10.5. The summed E-state index contributed by atoms with van der Waals surface area (Å²) in [6.45, 7) is 1.01. The smallest absolute Gasteiger partial charge is 0.339 e. The van der Waals surface area contributed by atoms with Gasteiger partial charge >= 0.3 is 5.97 Å². The SMILES string of the molecule is CC(=O)c1ccccc1C(=O)OCC(=O)c1ccc(Br)cc1. The van der Waals surface area contributed by atoms with E-state index < -0.39 is 5.97 Å². The maximum Gasteiger partial charge on any atom is 0.339 e. The van der Waals surface area contributed by atoms with E-state index in [0.29, 0.717) is 5.56 Å². The van der Waals surface area contributed by atoms with Crippen LogP contribution in [-0.2, 0) is 4.74 Å². The van der Waals surface area contributed by atoms with E-state index in [1.165, 1.54) is 13.0 Å². The number of benzene rings is 2. The second-order valence-electron chi connectivity index (χ2n) is 4.61. The summed E-state index contributed by atoms with van der Waals surface area (Å²) in [6.07, 6.45) is 0. The molecule has 2 rings (SSSR count). The summed E-state index contributed by atoms with van der Waals surface area (Å²) >= 11 is 3.28. The summed E-state index contributed by atoms with van der Waals surface area (Å²) in [5, 5.41) is 0. The number of carbonyl (C=O) groups excluding carboxylic acids is 3. The minimum atomic E-state index is -0.684. The number of carbonyl (C=O) groups is 3. The van der Waals surface area contributed by atoms with Gasteiger partial charge in [-0.1, -0.05) is 46.3 Å². The van der Waals surface area contributed by atoms with E-state index in [4.69, 9.17) is 4.74 Å². The van der Waals surface area contributed by atoms with Crippen LogP contribution in [0, 0.1) is 0 Å². The number of rotatable bonds is 5. The van der Waals surface area contributed by atoms with Crippen molar-refractivity contribution in [1.29, 1.82) is 0 Å². The van der Waals surface area contributed by atoms with Gasteiger partial charge in [0.05, 0.1) is 5.56 Å². The van der Waals surface area contributed by atoms with Crippen molar-refractivity contribution in [3.05, 3.63) is 69.7 Å². The molecule has 0 amide bonds. The fourth-order valence-electron chi connectivity index (χ4n) is 1.90. The molecular weight excluding hydrogens is 348 g/mol. The predicted molar refractivity (Wildman–Crippen MR) is 85.2 cm³/mol. The van der Waals surface area contributed by atoms with Crippen molar-refractivity contribution in [1.82, 2.24) is 0 Å². The molecule has 0 aromatic heterocycles. The van der Waals surface area contributed by atoms with E-state index >= 15 is 0 Å². The molecule has 0 saturated heterocycles. The molecule has 0 fully saturated rings. The number of hydrogen-bond donors (Lipinski definition) is 0. The van der Waals surface area contributed by atoms with Gasteiger partial charge in [0, 0.05) is 15.6 Å². The van der Waals surface area contributed by atoms with Gasteiger partial charge in [-0.05, 0) is 25.1 Å². The average molecular weight is 361 g/mol. The highest BCUT2D eigenvalue weighted by Crippen LogP contribution is 2.13. The largest absolute Gasteiger partial charge is 0.454 e. The Labute approximate surface area is 136 Å². The normalized spacial score (nSPS) is 10.1. The Hall–Kier alpha value is -2.27. The summed E-state index contributed by atoms with van der Waals surface area (Å²) < 4.78 is 5.87. The van der Waals surface area contributed by atoms with E-state index in [1.807, 2.05) is 0 Å². The van der Waals surface area contributed by atoms with Gasteiger partial charge in [-0.3, -0.25) is 9.59 Å². The van der Waals surface area contributed by atoms with Crippen LogP contribution >= 0.6 is 15.9 Å². The monoisotopic (exact) mass is 360 g/mol. The Morgan fingerprint density at radius 1 is 0.955 bits per heavy atom. The first-order valence-corrected chi connectivity index (χ1v) is 7.34. The van der Waals surface area contributed by atoms with Gasteiger partial charge in [0.2, 0.25) is 0 Å². The maximum absolute atomic E-state index is 12.0. The van der Waals surface area contributed by atoms with Crippen molar-refractivity contribution in [2.45, 2.75) is 6.92 Å². The van der Waals surface area contributed by atoms with E-state index in [1.54, 1.807) is 42.5 Å². The van der Waals surface area contributed by atoms with Crippen molar-refractivity contribution in [2.75, 3.05) is 6.61 Å². The molecule has 0 aliphatic heterocycles. The van der Waals surface area contributed by atoms with E-state index in [-0.39, 0.29) is 29.3 Å². The van der Waals surface area contributed by atoms with Crippen LogP contribution in [0.15, 0.2) is 53.0 Å². The average Bonchev–Trinajstić information content (AvgIpc) is 2.53. The van der Waals surface area contributed by atoms with Crippen molar-refractivity contribution < 1.29 is 19.1 Å². The van der Waals surface area contributed by atoms with Crippen LogP contribution in [0.2, 0.25) is 0 Å². The van der Waals surface area contributed by atoms with Crippen molar-refractivity contribution in [3.8, 4) is 0 Å². The first-order valence-electron chi connectivity index (χ1n) is 6.55. The van der Waals surface area contributed by atoms with Gasteiger partial charge in [0.15, 0.2) is 18.2 Å². The minimum absolute atomic E-state index is 0.165. The molecule has 112 valence electrons. The highest BCUT2D eigenvalue weighted by atomic mass is 79.9. The Morgan fingerprint density at radius 3 is 2.14 bits per heavy atom. The fraction of sp³-hybridized carbons (Fsp3) is 0.118. The lowest BCUT2D eigenvalue weighted by Gasteiger charge is -2.07. The number of hydrogen-bond acceptors (Lipinski definition) is 4. The lowest BCUT2D eigenvalue weighted by Crippen LogP contribution is -2.16. The van der Waals surface area contributed by atoms with Crippen molar-refractivity contribution in [2.24, 2.45) is 0 Å². The van der Waals surface area contributed by atoms with E-state index in [2.05, 4.69) is 15.9 Å². The minimum Gasteiger partial charge on any atom is -0.454 e.